The second-order valence-corrected chi connectivity index (χ2v) is 9.91. The monoisotopic (exact) mass is 445 g/mol. The summed E-state index contributed by atoms with van der Waals surface area (Å²) < 4.78 is 27.7. The quantitative estimate of drug-likeness (QED) is 0.349. The summed E-state index contributed by atoms with van der Waals surface area (Å²) in [5, 5.41) is 3.33. The molecular weight excluding hydrogens is 422 g/mol. The SMILES string of the molecule is CC(=O)c1ccc(S(=O)(=O)N2CCN(c3nc4ccccc4c4ccccc34)CC2)cc1. The van der Waals surface area contributed by atoms with Crippen LogP contribution in [0, 0.1) is 0 Å². The van der Waals surface area contributed by atoms with Crippen molar-refractivity contribution in [1.82, 2.24) is 9.29 Å². The number of anilines is 1. The van der Waals surface area contributed by atoms with E-state index in [2.05, 4.69) is 23.1 Å². The van der Waals surface area contributed by atoms with Gasteiger partial charge in [-0.2, -0.15) is 4.31 Å². The Bertz CT molecular complexity index is 1420. The van der Waals surface area contributed by atoms with Gasteiger partial charge in [0.25, 0.3) is 0 Å². The lowest BCUT2D eigenvalue weighted by Crippen LogP contribution is -2.49. The van der Waals surface area contributed by atoms with E-state index in [1.54, 1.807) is 12.1 Å². The normalized spacial score (nSPS) is 15.3. The summed E-state index contributed by atoms with van der Waals surface area (Å²) in [4.78, 5) is 18.8. The number of benzene rings is 3. The van der Waals surface area contributed by atoms with Crippen LogP contribution in [0.25, 0.3) is 21.7 Å². The third-order valence-corrected chi connectivity index (χ3v) is 7.94. The molecule has 0 bridgehead atoms. The maximum atomic E-state index is 13.1. The number of fused-ring (bicyclic) bond motifs is 3. The zero-order valence-electron chi connectivity index (χ0n) is 17.7. The minimum Gasteiger partial charge on any atom is -0.353 e. The van der Waals surface area contributed by atoms with Crippen molar-refractivity contribution in [2.24, 2.45) is 0 Å². The lowest BCUT2D eigenvalue weighted by molar-refractivity contribution is 0.101. The van der Waals surface area contributed by atoms with Crippen molar-refractivity contribution in [2.75, 3.05) is 31.1 Å². The molecule has 0 radical (unpaired) electrons. The van der Waals surface area contributed by atoms with Gasteiger partial charge in [-0.3, -0.25) is 4.79 Å². The van der Waals surface area contributed by atoms with Crippen LogP contribution in [0.15, 0.2) is 77.7 Å². The fourth-order valence-corrected chi connectivity index (χ4v) is 5.70. The van der Waals surface area contributed by atoms with E-state index in [1.807, 2.05) is 30.3 Å². The number of aromatic nitrogens is 1. The number of carbonyl (C=O) groups excluding carboxylic acids is 1. The van der Waals surface area contributed by atoms with Gasteiger partial charge in [0.15, 0.2) is 5.78 Å². The van der Waals surface area contributed by atoms with Gasteiger partial charge in [0.1, 0.15) is 5.82 Å². The highest BCUT2D eigenvalue weighted by molar-refractivity contribution is 7.89. The van der Waals surface area contributed by atoms with Crippen LogP contribution in [0.1, 0.15) is 17.3 Å². The Labute approximate surface area is 187 Å². The third-order valence-electron chi connectivity index (χ3n) is 6.03. The molecule has 0 aliphatic carbocycles. The Kier molecular flexibility index (Phi) is 5.15. The third kappa shape index (κ3) is 3.53. The molecule has 3 aromatic carbocycles. The molecule has 0 amide bonds. The predicted octanol–water partition coefficient (Wildman–Crippen LogP) is 4.10. The predicted molar refractivity (Wildman–Crippen MR) is 127 cm³/mol. The molecule has 0 N–H and O–H groups in total. The Morgan fingerprint density at radius 2 is 1.38 bits per heavy atom. The van der Waals surface area contributed by atoms with Crippen molar-refractivity contribution >= 4 is 43.3 Å². The van der Waals surface area contributed by atoms with Crippen LogP contribution < -0.4 is 4.90 Å². The van der Waals surface area contributed by atoms with Gasteiger partial charge in [0.2, 0.25) is 10.0 Å². The van der Waals surface area contributed by atoms with Crippen molar-refractivity contribution in [3.05, 3.63) is 78.4 Å². The molecule has 5 rings (SSSR count). The van der Waals surface area contributed by atoms with E-state index in [0.29, 0.717) is 31.7 Å². The van der Waals surface area contributed by atoms with E-state index >= 15 is 0 Å². The summed E-state index contributed by atoms with van der Waals surface area (Å²) in [7, 11) is -3.61. The Morgan fingerprint density at radius 3 is 2.03 bits per heavy atom. The minimum absolute atomic E-state index is 0.0855. The van der Waals surface area contributed by atoms with E-state index in [-0.39, 0.29) is 10.7 Å². The second kappa shape index (κ2) is 8.00. The average Bonchev–Trinajstić information content (AvgIpc) is 2.83. The summed E-state index contributed by atoms with van der Waals surface area (Å²) in [5.41, 5.74) is 1.44. The van der Waals surface area contributed by atoms with E-state index in [1.165, 1.54) is 23.4 Å². The molecule has 162 valence electrons. The number of ketones is 1. The first-order valence-electron chi connectivity index (χ1n) is 10.6. The molecule has 1 aliphatic rings. The van der Waals surface area contributed by atoms with Crippen molar-refractivity contribution < 1.29 is 13.2 Å². The first-order chi connectivity index (χ1) is 15.4. The molecule has 0 spiro atoms. The molecule has 1 aromatic heterocycles. The standard InChI is InChI=1S/C25H23N3O3S/c1-18(29)19-10-12-20(13-11-19)32(30,31)28-16-14-27(15-17-28)25-23-8-3-2-6-21(23)22-7-4-5-9-24(22)26-25/h2-13H,14-17H2,1H3. The molecule has 1 aliphatic heterocycles. The molecular formula is C25H23N3O3S. The zero-order valence-corrected chi connectivity index (χ0v) is 18.5. The molecule has 0 atom stereocenters. The van der Waals surface area contributed by atoms with Crippen molar-refractivity contribution in [3.63, 3.8) is 0 Å². The van der Waals surface area contributed by atoms with E-state index < -0.39 is 10.0 Å². The average molecular weight is 446 g/mol. The first kappa shape index (κ1) is 20.6. The molecule has 2 heterocycles. The van der Waals surface area contributed by atoms with Crippen molar-refractivity contribution in [2.45, 2.75) is 11.8 Å². The largest absolute Gasteiger partial charge is 0.353 e. The summed E-state index contributed by atoms with van der Waals surface area (Å²) in [6.45, 7) is 3.33. The summed E-state index contributed by atoms with van der Waals surface area (Å²) >= 11 is 0. The summed E-state index contributed by atoms with van der Waals surface area (Å²) in [6, 6.07) is 22.5. The Hall–Kier alpha value is -3.29. The highest BCUT2D eigenvalue weighted by atomic mass is 32.2. The number of pyridine rings is 1. The highest BCUT2D eigenvalue weighted by Crippen LogP contribution is 2.32. The number of piperazine rings is 1. The van der Waals surface area contributed by atoms with Crippen molar-refractivity contribution in [1.29, 1.82) is 0 Å². The number of rotatable bonds is 4. The van der Waals surface area contributed by atoms with Crippen LogP contribution in [0.3, 0.4) is 0 Å². The number of hydrogen-bond donors (Lipinski definition) is 0. The molecule has 4 aromatic rings. The number of sulfonamides is 1. The highest BCUT2D eigenvalue weighted by Gasteiger charge is 2.29. The van der Waals surface area contributed by atoms with Gasteiger partial charge in [-0.15, -0.1) is 0 Å². The molecule has 32 heavy (non-hydrogen) atoms. The van der Waals surface area contributed by atoms with E-state index in [9.17, 15) is 13.2 Å². The van der Waals surface area contributed by atoms with Crippen LogP contribution in [0.2, 0.25) is 0 Å². The minimum atomic E-state index is -3.61. The molecule has 0 unspecified atom stereocenters. The topological polar surface area (TPSA) is 70.6 Å². The van der Waals surface area contributed by atoms with Gasteiger partial charge < -0.3 is 4.90 Å². The summed E-state index contributed by atoms with van der Waals surface area (Å²) in [6.07, 6.45) is 0. The first-order valence-corrected chi connectivity index (χ1v) is 12.0. The maximum Gasteiger partial charge on any atom is 0.243 e. The smallest absolute Gasteiger partial charge is 0.243 e. The van der Waals surface area contributed by atoms with Crippen LogP contribution in [-0.4, -0.2) is 49.7 Å². The van der Waals surface area contributed by atoms with Gasteiger partial charge in [-0.05, 0) is 30.5 Å². The fourth-order valence-electron chi connectivity index (χ4n) is 4.28. The lowest BCUT2D eigenvalue weighted by Gasteiger charge is -2.35. The number of carbonyl (C=O) groups is 1. The van der Waals surface area contributed by atoms with Gasteiger partial charge >= 0.3 is 0 Å². The van der Waals surface area contributed by atoms with Gasteiger partial charge in [-0.1, -0.05) is 54.6 Å². The zero-order chi connectivity index (χ0) is 22.3. The molecule has 7 heteroatoms. The van der Waals surface area contributed by atoms with E-state index in [0.717, 1.165) is 27.5 Å². The Balaban J connectivity index is 1.42. The molecule has 6 nitrogen and oxygen atoms in total. The summed E-state index contributed by atoms with van der Waals surface area (Å²) in [5.74, 6) is 0.805. The lowest BCUT2D eigenvalue weighted by atomic mass is 10.1. The Morgan fingerprint density at radius 1 is 0.781 bits per heavy atom. The molecule has 1 saturated heterocycles. The van der Waals surface area contributed by atoms with Gasteiger partial charge in [0, 0.05) is 42.5 Å². The number of hydrogen-bond acceptors (Lipinski definition) is 5. The van der Waals surface area contributed by atoms with Crippen LogP contribution in [0.5, 0.6) is 0 Å². The van der Waals surface area contributed by atoms with Gasteiger partial charge in [0.05, 0.1) is 10.4 Å². The number of para-hydroxylation sites is 1. The van der Waals surface area contributed by atoms with E-state index in [4.69, 9.17) is 4.98 Å². The number of Topliss-reactive ketones (excluding diaryl/α,β-unsaturated/α-hetero) is 1. The maximum absolute atomic E-state index is 13.1. The van der Waals surface area contributed by atoms with Crippen LogP contribution in [0.4, 0.5) is 5.82 Å². The molecule has 0 saturated carbocycles. The van der Waals surface area contributed by atoms with Crippen LogP contribution >= 0.6 is 0 Å². The second-order valence-electron chi connectivity index (χ2n) is 7.97. The van der Waals surface area contributed by atoms with Crippen molar-refractivity contribution in [3.8, 4) is 0 Å². The van der Waals surface area contributed by atoms with Crippen LogP contribution in [-0.2, 0) is 10.0 Å². The molecule has 1 fully saturated rings. The number of nitrogens with zero attached hydrogens (tertiary/aromatic N) is 3. The fraction of sp³-hybridized carbons (Fsp3) is 0.200. The van der Waals surface area contributed by atoms with Gasteiger partial charge in [-0.25, -0.2) is 13.4 Å².